The molecule has 18 heteroatoms. The Labute approximate surface area is 239 Å². The van der Waals surface area contributed by atoms with E-state index in [1.165, 1.54) is 25.6 Å². The zero-order valence-corrected chi connectivity index (χ0v) is 23.2. The molecule has 2 amide bonds. The van der Waals surface area contributed by atoms with Crippen LogP contribution >= 0.6 is 23.3 Å². The Morgan fingerprint density at radius 2 is 2.10 bits per heavy atom. The molecule has 0 aliphatic carbocycles. The molecule has 0 saturated carbocycles. The number of pyridine rings is 1. The number of hydrogen-bond donors (Lipinski definition) is 6. The summed E-state index contributed by atoms with van der Waals surface area (Å²) in [5, 5.41) is 24.9. The summed E-state index contributed by atoms with van der Waals surface area (Å²) in [6.45, 7) is 2.65. The van der Waals surface area contributed by atoms with Gasteiger partial charge in [0.25, 0.3) is 11.8 Å². The Hall–Kier alpha value is -4.71. The van der Waals surface area contributed by atoms with Gasteiger partial charge in [0.2, 0.25) is 22.7 Å². The Bertz CT molecular complexity index is 1660. The molecular weight excluding hydrogens is 578 g/mol. The summed E-state index contributed by atoms with van der Waals surface area (Å²) < 4.78 is 5.76. The molecule has 0 spiro atoms. The maximum Gasteiger partial charge on any atom is 0.352 e. The van der Waals surface area contributed by atoms with Gasteiger partial charge in [-0.05, 0) is 19.9 Å². The van der Waals surface area contributed by atoms with Crippen molar-refractivity contribution in [2.45, 2.75) is 37.4 Å². The molecule has 2 unspecified atom stereocenters. The minimum absolute atomic E-state index is 0.0198. The number of nitrogens with one attached hydrogen (secondary N) is 2. The number of aromatic nitrogens is 4. The second kappa shape index (κ2) is 10.4. The van der Waals surface area contributed by atoms with E-state index < -0.39 is 46.5 Å². The summed E-state index contributed by atoms with van der Waals surface area (Å²) in [5.41, 5.74) is 11.1. The van der Waals surface area contributed by atoms with E-state index in [0.29, 0.717) is 11.4 Å². The number of thioether (sulfide) groups is 1. The third kappa shape index (κ3) is 5.13. The zero-order valence-electron chi connectivity index (χ0n) is 21.5. The lowest BCUT2D eigenvalue weighted by molar-refractivity contribution is -0.663. The van der Waals surface area contributed by atoms with Crippen molar-refractivity contribution in [2.24, 2.45) is 5.16 Å². The number of β-lactam (4-membered cyclic amide) rings is 1. The van der Waals surface area contributed by atoms with Crippen LogP contribution in [0.5, 0.6) is 0 Å². The van der Waals surface area contributed by atoms with Gasteiger partial charge in [-0.15, -0.1) is 11.8 Å². The maximum absolute atomic E-state index is 13.2. The SMILES string of the molecule is CC(C)(ON=C(C(=O)NC1C(=O)N2C(C(=O)O)=C(C[n+]3cccc4[nH]c(N)cc43)CSC12)c1nsc(N)n1)C(=O)O. The molecule has 5 heterocycles. The van der Waals surface area contributed by atoms with Crippen LogP contribution in [-0.2, 0) is 30.6 Å². The molecule has 16 nitrogen and oxygen atoms in total. The molecule has 1 saturated heterocycles. The molecule has 5 rings (SSSR count). The number of nitrogen functional groups attached to an aromatic ring is 2. The average molecular weight is 603 g/mol. The average Bonchev–Trinajstić information content (AvgIpc) is 3.51. The number of amides is 2. The van der Waals surface area contributed by atoms with Gasteiger partial charge in [-0.3, -0.25) is 14.5 Å². The van der Waals surface area contributed by atoms with E-state index in [1.807, 2.05) is 10.6 Å². The van der Waals surface area contributed by atoms with Gasteiger partial charge in [-0.2, -0.15) is 13.9 Å². The predicted molar refractivity (Wildman–Crippen MR) is 146 cm³/mol. The van der Waals surface area contributed by atoms with Crippen molar-refractivity contribution in [3.05, 3.63) is 41.5 Å². The minimum Gasteiger partial charge on any atom is -0.478 e. The van der Waals surface area contributed by atoms with Gasteiger partial charge in [-0.1, -0.05) is 5.16 Å². The van der Waals surface area contributed by atoms with Crippen LogP contribution in [0.4, 0.5) is 10.9 Å². The number of carboxylic acid groups (broad SMARTS) is 2. The van der Waals surface area contributed by atoms with E-state index in [1.54, 1.807) is 18.3 Å². The van der Waals surface area contributed by atoms with Crippen molar-refractivity contribution in [3.63, 3.8) is 0 Å². The van der Waals surface area contributed by atoms with Gasteiger partial charge in [0.05, 0.1) is 6.07 Å². The van der Waals surface area contributed by atoms with Crippen molar-refractivity contribution >= 4 is 74.7 Å². The van der Waals surface area contributed by atoms with Crippen molar-refractivity contribution in [2.75, 3.05) is 17.2 Å². The third-order valence-electron chi connectivity index (χ3n) is 6.33. The normalized spacial score (nSPS) is 19.1. The van der Waals surface area contributed by atoms with Crippen LogP contribution in [0.15, 0.2) is 40.8 Å². The Kier molecular flexibility index (Phi) is 7.03. The Morgan fingerprint density at radius 1 is 1.34 bits per heavy atom. The first kappa shape index (κ1) is 27.8. The molecule has 8 N–H and O–H groups in total. The van der Waals surface area contributed by atoms with Crippen LogP contribution in [0.3, 0.4) is 0 Å². The largest absolute Gasteiger partial charge is 0.478 e. The summed E-state index contributed by atoms with van der Waals surface area (Å²) in [5.74, 6) is -3.69. The van der Waals surface area contributed by atoms with E-state index in [-0.39, 0.29) is 29.0 Å². The van der Waals surface area contributed by atoms with Crippen LogP contribution in [0.25, 0.3) is 11.0 Å². The molecule has 0 bridgehead atoms. The van der Waals surface area contributed by atoms with Gasteiger partial charge in [0.15, 0.2) is 17.9 Å². The number of fused-ring (bicyclic) bond motifs is 2. The Balaban J connectivity index is 1.38. The van der Waals surface area contributed by atoms with Crippen molar-refractivity contribution in [1.29, 1.82) is 0 Å². The van der Waals surface area contributed by atoms with Crippen molar-refractivity contribution < 1.29 is 38.8 Å². The highest BCUT2D eigenvalue weighted by molar-refractivity contribution is 8.00. The Morgan fingerprint density at radius 3 is 2.76 bits per heavy atom. The van der Waals surface area contributed by atoms with Crippen LogP contribution in [0.2, 0.25) is 0 Å². The highest BCUT2D eigenvalue weighted by Gasteiger charge is 2.55. The summed E-state index contributed by atoms with van der Waals surface area (Å²) >= 11 is 2.06. The van der Waals surface area contributed by atoms with Gasteiger partial charge in [-0.25, -0.2) is 9.59 Å². The molecule has 2 atom stereocenters. The van der Waals surface area contributed by atoms with Crippen LogP contribution in [0.1, 0.15) is 19.7 Å². The zero-order chi connectivity index (χ0) is 29.6. The maximum atomic E-state index is 13.2. The number of H-pyrrole nitrogens is 1. The number of rotatable bonds is 9. The van der Waals surface area contributed by atoms with Crippen LogP contribution in [-0.4, -0.2) is 81.7 Å². The van der Waals surface area contributed by atoms with E-state index in [2.05, 4.69) is 24.8 Å². The third-order valence-corrected chi connectivity index (χ3v) is 8.21. The number of aliphatic carboxylic acids is 2. The van der Waals surface area contributed by atoms with E-state index in [0.717, 1.165) is 27.5 Å². The molecule has 0 radical (unpaired) electrons. The van der Waals surface area contributed by atoms with E-state index in [4.69, 9.17) is 16.3 Å². The second-order valence-corrected chi connectivity index (χ2v) is 11.5. The first-order chi connectivity index (χ1) is 19.4. The van der Waals surface area contributed by atoms with Gasteiger partial charge in [0, 0.05) is 28.9 Å². The summed E-state index contributed by atoms with van der Waals surface area (Å²) in [6, 6.07) is 4.27. The number of carbonyl (C=O) groups excluding carboxylic acids is 2. The smallest absolute Gasteiger partial charge is 0.352 e. The lowest BCUT2D eigenvalue weighted by Gasteiger charge is -2.49. The fraction of sp³-hybridized carbons (Fsp3) is 0.304. The molecule has 0 aromatic carbocycles. The lowest BCUT2D eigenvalue weighted by Crippen LogP contribution is -2.71. The fourth-order valence-corrected chi connectivity index (χ4v) is 6.01. The predicted octanol–water partition coefficient (Wildman–Crippen LogP) is -0.506. The van der Waals surface area contributed by atoms with Crippen molar-refractivity contribution in [1.82, 2.24) is 24.6 Å². The number of anilines is 2. The monoisotopic (exact) mass is 602 g/mol. The van der Waals surface area contributed by atoms with Gasteiger partial charge >= 0.3 is 11.9 Å². The second-order valence-electron chi connectivity index (χ2n) is 9.58. The molecule has 1 fully saturated rings. The highest BCUT2D eigenvalue weighted by atomic mass is 32.2. The number of oxime groups is 1. The molecular formula is C23H24N9O7S2+. The van der Waals surface area contributed by atoms with Crippen LogP contribution in [0, 0.1) is 0 Å². The molecule has 41 heavy (non-hydrogen) atoms. The fourth-order valence-electron chi connectivity index (χ4n) is 4.24. The highest BCUT2D eigenvalue weighted by Crippen LogP contribution is 2.40. The quantitative estimate of drug-likeness (QED) is 0.0785. The lowest BCUT2D eigenvalue weighted by atomic mass is 10.0. The number of hydrogen-bond acceptors (Lipinski definition) is 12. The molecule has 3 aromatic heterocycles. The number of carbonyl (C=O) groups is 4. The molecule has 3 aromatic rings. The topological polar surface area (TPSA) is 243 Å². The van der Waals surface area contributed by atoms with Crippen LogP contribution < -0.4 is 21.4 Å². The van der Waals surface area contributed by atoms with Crippen molar-refractivity contribution in [3.8, 4) is 0 Å². The summed E-state index contributed by atoms with van der Waals surface area (Å²) in [4.78, 5) is 63.3. The first-order valence-corrected chi connectivity index (χ1v) is 13.8. The van der Waals surface area contributed by atoms with Gasteiger partial charge < -0.3 is 36.8 Å². The number of nitrogens with zero attached hydrogens (tertiary/aromatic N) is 5. The molecule has 2 aliphatic rings. The summed E-state index contributed by atoms with van der Waals surface area (Å²) in [7, 11) is 0. The standard InChI is InChI=1S/C23H23N9O7S2/c1-23(2,21(37)38)39-29-13(16-28-22(25)41-30-16)17(33)27-14-18(34)32-15(20(35)36)9(8-40-19(14)32)7-31-5-3-4-10-11(31)6-12(24)26-10/h3-6,14,19H,7-8H2,1-2H3,(H7,24,25,26,27,28,30,33,35,36,37,38)/p+1. The number of nitrogens with two attached hydrogens (primary N) is 2. The molecule has 214 valence electrons. The van der Waals surface area contributed by atoms with Gasteiger partial charge in [0.1, 0.15) is 28.4 Å². The number of aromatic amines is 1. The molecule has 2 aliphatic heterocycles. The van der Waals surface area contributed by atoms with E-state index >= 15 is 0 Å². The summed E-state index contributed by atoms with van der Waals surface area (Å²) in [6.07, 6.45) is 1.79. The first-order valence-electron chi connectivity index (χ1n) is 11.9. The van der Waals surface area contributed by atoms with E-state index in [9.17, 15) is 29.4 Å². The minimum atomic E-state index is -1.79. The number of carboxylic acids is 2.